The summed E-state index contributed by atoms with van der Waals surface area (Å²) in [5.74, 6) is 0. The maximum absolute atomic E-state index is 8.11. The first kappa shape index (κ1) is 18.6. The second-order valence-corrected chi connectivity index (χ2v) is 2.48. The van der Waals surface area contributed by atoms with Gasteiger partial charge in [-0.1, -0.05) is 26.7 Å². The second-order valence-electron chi connectivity index (χ2n) is 2.48. The van der Waals surface area contributed by atoms with Crippen molar-refractivity contribution in [3.63, 3.8) is 0 Å². The Hall–Kier alpha value is -0.160. The third kappa shape index (κ3) is 77.7. The van der Waals surface area contributed by atoms with Crippen LogP contribution in [0, 0.1) is 0 Å². The lowest BCUT2D eigenvalue weighted by atomic mass is 10.4. The Kier molecular flexibility index (Phi) is 32.4. The van der Waals surface area contributed by atoms with Gasteiger partial charge in [0.2, 0.25) is 0 Å². The highest BCUT2D eigenvalue weighted by Gasteiger charge is 1.83. The largest absolute Gasteiger partial charge is 0.394 e. The molecule has 4 nitrogen and oxygen atoms in total. The van der Waals surface area contributed by atoms with Gasteiger partial charge in [-0.2, -0.15) is 0 Å². The van der Waals surface area contributed by atoms with Gasteiger partial charge in [-0.05, 0) is 6.92 Å². The van der Waals surface area contributed by atoms with Crippen LogP contribution >= 0.6 is 0 Å². The smallest absolute Gasteiger partial charge is 0.0742 e. The molecular formula is C9H24O4. The number of rotatable bonds is 3. The Morgan fingerprint density at radius 2 is 1.15 bits per heavy atom. The molecule has 0 aliphatic rings. The summed E-state index contributed by atoms with van der Waals surface area (Å²) >= 11 is 0. The van der Waals surface area contributed by atoms with Crippen LogP contribution < -0.4 is 0 Å². The van der Waals surface area contributed by atoms with Gasteiger partial charge in [0.1, 0.15) is 0 Å². The molecule has 0 radical (unpaired) electrons. The molecule has 4 N–H and O–H groups in total. The van der Waals surface area contributed by atoms with Crippen LogP contribution in [0.25, 0.3) is 0 Å². The number of hydrogen-bond acceptors (Lipinski definition) is 4. The van der Waals surface area contributed by atoms with Crippen molar-refractivity contribution in [1.29, 1.82) is 0 Å². The number of hydrogen-bond donors (Lipinski definition) is 4. The highest BCUT2D eigenvalue weighted by Crippen LogP contribution is 1.76. The van der Waals surface area contributed by atoms with E-state index in [9.17, 15) is 0 Å². The maximum atomic E-state index is 8.11. The summed E-state index contributed by atoms with van der Waals surface area (Å²) in [6, 6.07) is 0. The Balaban J connectivity index is -0.000000117. The van der Waals surface area contributed by atoms with E-state index in [0.717, 1.165) is 0 Å². The van der Waals surface area contributed by atoms with Crippen molar-refractivity contribution in [1.82, 2.24) is 0 Å². The lowest BCUT2D eigenvalue weighted by Gasteiger charge is -1.90. The minimum Gasteiger partial charge on any atom is -0.394 e. The summed E-state index contributed by atoms with van der Waals surface area (Å²) in [6.07, 6.45) is 2.08. The van der Waals surface area contributed by atoms with Crippen LogP contribution in [0.15, 0.2) is 0 Å². The van der Waals surface area contributed by atoms with Gasteiger partial charge in [0, 0.05) is 0 Å². The third-order valence-electron chi connectivity index (χ3n) is 0.864. The summed E-state index contributed by atoms with van der Waals surface area (Å²) in [5, 5.41) is 31.3. The van der Waals surface area contributed by atoms with Crippen LogP contribution in [0.5, 0.6) is 0 Å². The normalized spacial score (nSPS) is 10.4. The summed E-state index contributed by atoms with van der Waals surface area (Å²) in [5.41, 5.74) is 0. The summed E-state index contributed by atoms with van der Waals surface area (Å²) in [4.78, 5) is 0. The van der Waals surface area contributed by atoms with Gasteiger partial charge in [-0.3, -0.25) is 0 Å². The minimum atomic E-state index is -0.560. The quantitative estimate of drug-likeness (QED) is 0.517. The molecule has 0 fully saturated rings. The minimum absolute atomic E-state index is 0.125. The predicted molar refractivity (Wildman–Crippen MR) is 53.5 cm³/mol. The Labute approximate surface area is 80.8 Å². The molecular weight excluding hydrogens is 172 g/mol. The lowest BCUT2D eigenvalue weighted by Crippen LogP contribution is -2.03. The highest BCUT2D eigenvalue weighted by atomic mass is 16.3. The maximum Gasteiger partial charge on any atom is 0.0742 e. The van der Waals surface area contributed by atoms with Gasteiger partial charge >= 0.3 is 0 Å². The molecule has 84 valence electrons. The lowest BCUT2D eigenvalue weighted by molar-refractivity contribution is 0.110. The molecule has 0 rings (SSSR count). The van der Waals surface area contributed by atoms with E-state index in [0.29, 0.717) is 0 Å². The average molecular weight is 196 g/mol. The van der Waals surface area contributed by atoms with Crippen molar-refractivity contribution in [2.75, 3.05) is 19.8 Å². The summed E-state index contributed by atoms with van der Waals surface area (Å²) in [6.45, 7) is 5.50. The van der Waals surface area contributed by atoms with E-state index in [1.807, 2.05) is 0 Å². The molecule has 4 heteroatoms. The fraction of sp³-hybridized carbons (Fsp3) is 1.00. The van der Waals surface area contributed by atoms with E-state index in [-0.39, 0.29) is 19.8 Å². The van der Waals surface area contributed by atoms with E-state index in [4.69, 9.17) is 20.4 Å². The summed E-state index contributed by atoms with van der Waals surface area (Å²) in [7, 11) is 0. The van der Waals surface area contributed by atoms with Crippen molar-refractivity contribution < 1.29 is 20.4 Å². The monoisotopic (exact) mass is 196 g/mol. The van der Waals surface area contributed by atoms with Crippen LogP contribution in [0.3, 0.4) is 0 Å². The van der Waals surface area contributed by atoms with Gasteiger partial charge < -0.3 is 20.4 Å². The second kappa shape index (κ2) is 22.6. The van der Waals surface area contributed by atoms with E-state index in [2.05, 4.69) is 13.8 Å². The van der Waals surface area contributed by atoms with Crippen molar-refractivity contribution >= 4 is 0 Å². The van der Waals surface area contributed by atoms with Gasteiger partial charge in [-0.25, -0.2) is 0 Å². The van der Waals surface area contributed by atoms with Gasteiger partial charge in [0.15, 0.2) is 0 Å². The first-order chi connectivity index (χ1) is 6.10. The van der Waals surface area contributed by atoms with E-state index >= 15 is 0 Å². The van der Waals surface area contributed by atoms with Crippen LogP contribution in [0.2, 0.25) is 0 Å². The van der Waals surface area contributed by atoms with E-state index < -0.39 is 6.10 Å². The van der Waals surface area contributed by atoms with Crippen LogP contribution in [0.1, 0.15) is 33.6 Å². The first-order valence-electron chi connectivity index (χ1n) is 4.61. The summed E-state index contributed by atoms with van der Waals surface area (Å²) < 4.78 is 0. The van der Waals surface area contributed by atoms with Gasteiger partial charge in [-0.15, -0.1) is 0 Å². The molecule has 13 heavy (non-hydrogen) atoms. The standard InChI is InChI=1S/C4H10.C3H8O2.C2H6O2/c1-3-4-2;1-3(5)2-4;3-1-2-4/h3-4H2,1-2H3;3-5H,2H2,1H3;3-4H,1-2H2. The third-order valence-corrected chi connectivity index (χ3v) is 0.864. The molecule has 0 saturated heterocycles. The molecule has 0 aromatic heterocycles. The molecule has 1 unspecified atom stereocenters. The number of unbranched alkanes of at least 4 members (excludes halogenated alkanes) is 1. The number of aliphatic hydroxyl groups is 4. The molecule has 0 amide bonds. The molecule has 1 atom stereocenters. The molecule has 0 bridgehead atoms. The van der Waals surface area contributed by atoms with Crippen molar-refractivity contribution in [2.24, 2.45) is 0 Å². The molecule has 0 aliphatic heterocycles. The Morgan fingerprint density at radius 3 is 1.15 bits per heavy atom. The Bertz CT molecular complexity index is 49.6. The van der Waals surface area contributed by atoms with Crippen LogP contribution in [-0.2, 0) is 0 Å². The molecule has 0 aliphatic carbocycles. The predicted octanol–water partition coefficient (Wildman–Crippen LogP) is 0.137. The van der Waals surface area contributed by atoms with Crippen molar-refractivity contribution in [2.45, 2.75) is 39.7 Å². The van der Waals surface area contributed by atoms with E-state index in [1.54, 1.807) is 0 Å². The van der Waals surface area contributed by atoms with Crippen LogP contribution in [-0.4, -0.2) is 46.4 Å². The fourth-order valence-electron chi connectivity index (χ4n) is 0. The zero-order valence-corrected chi connectivity index (χ0v) is 8.90. The molecule has 0 aromatic carbocycles. The molecule has 0 aromatic rings. The van der Waals surface area contributed by atoms with Gasteiger partial charge in [0.05, 0.1) is 25.9 Å². The van der Waals surface area contributed by atoms with E-state index in [1.165, 1.54) is 19.8 Å². The topological polar surface area (TPSA) is 80.9 Å². The highest BCUT2D eigenvalue weighted by molar-refractivity contribution is 4.34. The zero-order valence-electron chi connectivity index (χ0n) is 8.90. The van der Waals surface area contributed by atoms with Crippen molar-refractivity contribution in [3.8, 4) is 0 Å². The average Bonchev–Trinajstić information content (AvgIpc) is 2.18. The fourth-order valence-corrected chi connectivity index (χ4v) is 0. The first-order valence-corrected chi connectivity index (χ1v) is 4.61. The SMILES string of the molecule is CC(O)CO.CCCC.OCCO. The zero-order chi connectivity index (χ0) is 11.1. The van der Waals surface area contributed by atoms with Crippen LogP contribution in [0.4, 0.5) is 0 Å². The molecule has 0 saturated carbocycles. The number of aliphatic hydroxyl groups excluding tert-OH is 4. The Morgan fingerprint density at radius 1 is 0.923 bits per heavy atom. The van der Waals surface area contributed by atoms with Gasteiger partial charge in [0.25, 0.3) is 0 Å². The van der Waals surface area contributed by atoms with Crippen molar-refractivity contribution in [3.05, 3.63) is 0 Å². The molecule has 0 spiro atoms. The molecule has 0 heterocycles.